The predicted octanol–water partition coefficient (Wildman–Crippen LogP) is 3.34. The highest BCUT2D eigenvalue weighted by Gasteiger charge is 2.23. The molecule has 6 nitrogen and oxygen atoms in total. The van der Waals surface area contributed by atoms with Gasteiger partial charge in [-0.05, 0) is 37.5 Å². The van der Waals surface area contributed by atoms with Crippen molar-refractivity contribution in [2.75, 3.05) is 7.05 Å². The van der Waals surface area contributed by atoms with Crippen LogP contribution in [0.1, 0.15) is 41.2 Å². The Balaban J connectivity index is 1.56. The predicted molar refractivity (Wildman–Crippen MR) is 94.0 cm³/mol. The Morgan fingerprint density at radius 2 is 2.04 bits per heavy atom. The van der Waals surface area contributed by atoms with E-state index < -0.39 is 0 Å². The number of nitrogens with zero attached hydrogens (tertiary/aromatic N) is 4. The molecule has 6 heteroatoms. The fourth-order valence-corrected chi connectivity index (χ4v) is 2.67. The molecule has 0 radical (unpaired) electrons. The fourth-order valence-electron chi connectivity index (χ4n) is 2.67. The van der Waals surface area contributed by atoms with Gasteiger partial charge in [0.1, 0.15) is 5.76 Å². The molecule has 2 heterocycles. The molecule has 0 fully saturated rings. The van der Waals surface area contributed by atoms with E-state index in [1.165, 1.54) is 5.56 Å². The molecular weight excluding hydrogens is 316 g/mol. The van der Waals surface area contributed by atoms with E-state index in [2.05, 4.69) is 22.4 Å². The lowest BCUT2D eigenvalue weighted by Gasteiger charge is -2.22. The van der Waals surface area contributed by atoms with Gasteiger partial charge in [0.25, 0.3) is 5.91 Å². The molecule has 0 N–H and O–H groups in total. The molecule has 1 atom stereocenters. The first-order valence-corrected chi connectivity index (χ1v) is 8.40. The van der Waals surface area contributed by atoms with E-state index in [1.54, 1.807) is 29.1 Å². The summed E-state index contributed by atoms with van der Waals surface area (Å²) in [6, 6.07) is 13.8. The third-order valence-electron chi connectivity index (χ3n) is 4.31. The summed E-state index contributed by atoms with van der Waals surface area (Å²) in [6.45, 7) is 2.65. The zero-order chi connectivity index (χ0) is 17.6. The summed E-state index contributed by atoms with van der Waals surface area (Å²) in [5.74, 6) is 0.573. The maximum Gasteiger partial charge on any atom is 0.276 e. The van der Waals surface area contributed by atoms with Gasteiger partial charge >= 0.3 is 0 Å². The molecule has 3 rings (SSSR count). The monoisotopic (exact) mass is 338 g/mol. The Hall–Kier alpha value is -2.89. The van der Waals surface area contributed by atoms with E-state index >= 15 is 0 Å². The van der Waals surface area contributed by atoms with Crippen molar-refractivity contribution in [1.29, 1.82) is 0 Å². The van der Waals surface area contributed by atoms with E-state index in [0.29, 0.717) is 5.69 Å². The van der Waals surface area contributed by atoms with Crippen LogP contribution in [0.3, 0.4) is 0 Å². The van der Waals surface area contributed by atoms with Gasteiger partial charge in [0, 0.05) is 13.6 Å². The lowest BCUT2D eigenvalue weighted by molar-refractivity contribution is 0.0720. The van der Waals surface area contributed by atoms with Gasteiger partial charge in [-0.1, -0.05) is 35.5 Å². The summed E-state index contributed by atoms with van der Waals surface area (Å²) < 4.78 is 7.09. The van der Waals surface area contributed by atoms with Gasteiger partial charge in [0.05, 0.1) is 18.5 Å². The minimum atomic E-state index is -0.168. The summed E-state index contributed by atoms with van der Waals surface area (Å²) in [5, 5.41) is 8.09. The van der Waals surface area contributed by atoms with Gasteiger partial charge in [-0.15, -0.1) is 5.10 Å². The minimum Gasteiger partial charge on any atom is -0.467 e. The van der Waals surface area contributed by atoms with Crippen molar-refractivity contribution in [3.05, 3.63) is 71.9 Å². The molecule has 0 saturated heterocycles. The van der Waals surface area contributed by atoms with Crippen LogP contribution in [0.5, 0.6) is 0 Å². The van der Waals surface area contributed by atoms with Crippen molar-refractivity contribution in [2.45, 2.75) is 32.4 Å². The van der Waals surface area contributed by atoms with E-state index in [-0.39, 0.29) is 11.9 Å². The third kappa shape index (κ3) is 4.15. The van der Waals surface area contributed by atoms with Crippen LogP contribution in [0.15, 0.2) is 59.3 Å². The summed E-state index contributed by atoms with van der Waals surface area (Å²) in [4.78, 5) is 14.2. The number of aryl methyl sites for hydroxylation is 2. The van der Waals surface area contributed by atoms with E-state index in [9.17, 15) is 4.79 Å². The van der Waals surface area contributed by atoms with Crippen molar-refractivity contribution >= 4 is 5.91 Å². The standard InChI is InChI=1S/C19H22N4O2/c1-15(18-11-7-13-25-18)22(2)19(24)17-14-23(21-20-17)12-6-10-16-8-4-3-5-9-16/h3-5,7-9,11,13-15H,6,10,12H2,1-2H3/t15-/m0/s1. The Kier molecular flexibility index (Phi) is 5.28. The maximum atomic E-state index is 12.6. The molecule has 1 amide bonds. The van der Waals surface area contributed by atoms with Crippen LogP contribution in [0, 0.1) is 0 Å². The average Bonchev–Trinajstić information content (AvgIpc) is 3.33. The number of benzene rings is 1. The van der Waals surface area contributed by atoms with Crippen LogP contribution < -0.4 is 0 Å². The summed E-state index contributed by atoms with van der Waals surface area (Å²) in [7, 11) is 1.74. The largest absolute Gasteiger partial charge is 0.467 e. The van der Waals surface area contributed by atoms with E-state index in [1.807, 2.05) is 37.3 Å². The summed E-state index contributed by atoms with van der Waals surface area (Å²) in [5.41, 5.74) is 1.64. The van der Waals surface area contributed by atoms with Crippen molar-refractivity contribution in [3.8, 4) is 0 Å². The highest BCUT2D eigenvalue weighted by atomic mass is 16.3. The molecule has 0 aliphatic rings. The molecular formula is C19H22N4O2. The number of carbonyl (C=O) groups is 1. The molecule has 0 aliphatic heterocycles. The zero-order valence-corrected chi connectivity index (χ0v) is 14.5. The molecule has 0 spiro atoms. The molecule has 2 aromatic heterocycles. The van der Waals surface area contributed by atoms with Gasteiger partial charge < -0.3 is 9.32 Å². The number of amides is 1. The SMILES string of the molecule is C[C@@H](c1ccco1)N(C)C(=O)c1cn(CCCc2ccccc2)nn1. The minimum absolute atomic E-state index is 0.161. The van der Waals surface area contributed by atoms with Gasteiger partial charge in [-0.25, -0.2) is 0 Å². The van der Waals surface area contributed by atoms with Crippen molar-refractivity contribution in [2.24, 2.45) is 0 Å². The van der Waals surface area contributed by atoms with Gasteiger partial charge in [0.2, 0.25) is 0 Å². The van der Waals surface area contributed by atoms with Crippen LogP contribution in [-0.4, -0.2) is 32.8 Å². The summed E-state index contributed by atoms with van der Waals surface area (Å²) in [6.07, 6.45) is 5.23. The Morgan fingerprint density at radius 1 is 1.24 bits per heavy atom. The number of furan rings is 1. The molecule has 25 heavy (non-hydrogen) atoms. The molecule has 0 aliphatic carbocycles. The van der Waals surface area contributed by atoms with Crippen LogP contribution in [0.4, 0.5) is 0 Å². The van der Waals surface area contributed by atoms with Crippen molar-refractivity contribution in [3.63, 3.8) is 0 Å². The number of carbonyl (C=O) groups excluding carboxylic acids is 1. The second-order valence-corrected chi connectivity index (χ2v) is 6.06. The van der Waals surface area contributed by atoms with Crippen LogP contribution >= 0.6 is 0 Å². The van der Waals surface area contributed by atoms with Crippen LogP contribution in [0.25, 0.3) is 0 Å². The molecule has 130 valence electrons. The third-order valence-corrected chi connectivity index (χ3v) is 4.31. The van der Waals surface area contributed by atoms with Crippen molar-refractivity contribution < 1.29 is 9.21 Å². The number of rotatable bonds is 7. The van der Waals surface area contributed by atoms with Crippen LogP contribution in [0.2, 0.25) is 0 Å². The smallest absolute Gasteiger partial charge is 0.276 e. The maximum absolute atomic E-state index is 12.6. The van der Waals surface area contributed by atoms with Crippen LogP contribution in [-0.2, 0) is 13.0 Å². The van der Waals surface area contributed by atoms with Gasteiger partial charge in [-0.2, -0.15) is 0 Å². The normalized spacial score (nSPS) is 12.1. The molecule has 0 bridgehead atoms. The second-order valence-electron chi connectivity index (χ2n) is 6.06. The van der Waals surface area contributed by atoms with Gasteiger partial charge in [-0.3, -0.25) is 9.48 Å². The lowest BCUT2D eigenvalue weighted by Crippen LogP contribution is -2.29. The molecule has 3 aromatic rings. The van der Waals surface area contributed by atoms with E-state index in [4.69, 9.17) is 4.42 Å². The lowest BCUT2D eigenvalue weighted by atomic mass is 10.1. The van der Waals surface area contributed by atoms with E-state index in [0.717, 1.165) is 25.1 Å². The quantitative estimate of drug-likeness (QED) is 0.663. The first kappa shape index (κ1) is 17.0. The second kappa shape index (κ2) is 7.79. The molecule has 0 saturated carbocycles. The summed E-state index contributed by atoms with van der Waals surface area (Å²) >= 11 is 0. The number of hydrogen-bond acceptors (Lipinski definition) is 4. The Morgan fingerprint density at radius 3 is 2.76 bits per heavy atom. The van der Waals surface area contributed by atoms with Gasteiger partial charge in [0.15, 0.2) is 5.69 Å². The highest BCUT2D eigenvalue weighted by molar-refractivity contribution is 5.91. The number of aromatic nitrogens is 3. The molecule has 1 aromatic carbocycles. The average molecular weight is 338 g/mol. The molecule has 0 unspecified atom stereocenters. The highest BCUT2D eigenvalue weighted by Crippen LogP contribution is 2.20. The Bertz CT molecular complexity index is 796. The fraction of sp³-hybridized carbons (Fsp3) is 0.316. The Labute approximate surface area is 147 Å². The first-order valence-electron chi connectivity index (χ1n) is 8.40. The zero-order valence-electron chi connectivity index (χ0n) is 14.5. The topological polar surface area (TPSA) is 64.2 Å². The first-order chi connectivity index (χ1) is 12.1. The van der Waals surface area contributed by atoms with Crippen molar-refractivity contribution in [1.82, 2.24) is 19.9 Å². The number of hydrogen-bond donors (Lipinski definition) is 0.